The van der Waals surface area contributed by atoms with E-state index in [4.69, 9.17) is 4.74 Å². The Morgan fingerprint density at radius 2 is 2.22 bits per heavy atom. The van der Waals surface area contributed by atoms with Crippen molar-refractivity contribution in [1.29, 1.82) is 0 Å². The summed E-state index contributed by atoms with van der Waals surface area (Å²) < 4.78 is 5.52. The summed E-state index contributed by atoms with van der Waals surface area (Å²) in [7, 11) is 0. The van der Waals surface area contributed by atoms with Crippen LogP contribution in [-0.2, 0) is 4.74 Å². The van der Waals surface area contributed by atoms with Gasteiger partial charge in [0.1, 0.15) is 11.4 Å². The van der Waals surface area contributed by atoms with E-state index in [0.29, 0.717) is 18.4 Å². The molecule has 5 heteroatoms. The third-order valence-corrected chi connectivity index (χ3v) is 3.86. The van der Waals surface area contributed by atoms with Crippen LogP contribution in [0.15, 0.2) is 18.3 Å². The maximum atomic E-state index is 12.5. The molecule has 1 aliphatic heterocycles. The van der Waals surface area contributed by atoms with Crippen LogP contribution in [0, 0.1) is 0 Å². The van der Waals surface area contributed by atoms with Gasteiger partial charge in [-0.2, -0.15) is 0 Å². The Morgan fingerprint density at radius 1 is 1.43 bits per heavy atom. The lowest BCUT2D eigenvalue weighted by molar-refractivity contribution is 0.0578. The van der Waals surface area contributed by atoms with Crippen molar-refractivity contribution in [3.05, 3.63) is 23.9 Å². The zero-order chi connectivity index (χ0) is 16.9. The van der Waals surface area contributed by atoms with Crippen molar-refractivity contribution >= 4 is 11.9 Å². The van der Waals surface area contributed by atoms with Crippen LogP contribution < -0.4 is 10.2 Å². The first kappa shape index (κ1) is 17.7. The maximum absolute atomic E-state index is 12.5. The Labute approximate surface area is 139 Å². The first-order chi connectivity index (χ1) is 10.9. The van der Waals surface area contributed by atoms with Crippen LogP contribution in [0.1, 0.15) is 65.0 Å². The number of hydrogen-bond donors (Lipinski definition) is 1. The molecule has 0 radical (unpaired) electrons. The predicted octanol–water partition coefficient (Wildman–Crippen LogP) is 4.05. The van der Waals surface area contributed by atoms with Gasteiger partial charge in [-0.3, -0.25) is 4.90 Å². The van der Waals surface area contributed by atoms with E-state index in [1.165, 1.54) is 12.0 Å². The van der Waals surface area contributed by atoms with Gasteiger partial charge >= 0.3 is 6.09 Å². The quantitative estimate of drug-likeness (QED) is 0.889. The number of unbranched alkanes of at least 4 members (excludes halogenated alkanes) is 1. The molecule has 0 aromatic carbocycles. The Balaban J connectivity index is 2.12. The lowest BCUT2D eigenvalue weighted by atomic mass is 10.1. The Kier molecular flexibility index (Phi) is 5.99. The number of aromatic nitrogens is 1. The van der Waals surface area contributed by atoms with Crippen molar-refractivity contribution in [2.45, 2.75) is 65.0 Å². The number of pyridine rings is 1. The molecule has 0 unspecified atom stereocenters. The minimum Gasteiger partial charge on any atom is -0.443 e. The predicted molar refractivity (Wildman–Crippen MR) is 92.7 cm³/mol. The standard InChI is InChI=1S/C18H29N3O2/c1-5-6-12-21(17(22)23-18(2,3)4)16-10-9-14(13-20-16)15-8-7-11-19-15/h9-10,13,15,19H,5-8,11-12H2,1-4H3/t15-/m0/s1. The van der Waals surface area contributed by atoms with E-state index in [0.717, 1.165) is 25.8 Å². The number of hydrogen-bond acceptors (Lipinski definition) is 4. The van der Waals surface area contributed by atoms with Gasteiger partial charge in [0.25, 0.3) is 0 Å². The lowest BCUT2D eigenvalue weighted by Crippen LogP contribution is -2.38. The highest BCUT2D eigenvalue weighted by molar-refractivity contribution is 5.86. The van der Waals surface area contributed by atoms with E-state index in [1.54, 1.807) is 4.90 Å². The van der Waals surface area contributed by atoms with Crippen LogP contribution in [0.3, 0.4) is 0 Å². The third kappa shape index (κ3) is 5.20. The number of nitrogens with one attached hydrogen (secondary N) is 1. The van der Waals surface area contributed by atoms with Gasteiger partial charge < -0.3 is 10.1 Å². The van der Waals surface area contributed by atoms with E-state index < -0.39 is 5.60 Å². The molecule has 1 aromatic rings. The lowest BCUT2D eigenvalue weighted by Gasteiger charge is -2.27. The summed E-state index contributed by atoms with van der Waals surface area (Å²) in [6.07, 6.45) is 5.84. The zero-order valence-corrected chi connectivity index (χ0v) is 14.8. The second kappa shape index (κ2) is 7.77. The van der Waals surface area contributed by atoms with E-state index in [9.17, 15) is 4.79 Å². The van der Waals surface area contributed by atoms with E-state index in [1.807, 2.05) is 33.0 Å². The van der Waals surface area contributed by atoms with E-state index in [2.05, 4.69) is 23.3 Å². The molecule has 2 heterocycles. The van der Waals surface area contributed by atoms with Gasteiger partial charge in [0.2, 0.25) is 0 Å². The molecule has 1 atom stereocenters. The number of amides is 1. The fourth-order valence-corrected chi connectivity index (χ4v) is 2.66. The van der Waals surface area contributed by atoms with Crippen LogP contribution in [-0.4, -0.2) is 29.8 Å². The molecule has 23 heavy (non-hydrogen) atoms. The SMILES string of the molecule is CCCCN(C(=O)OC(C)(C)C)c1ccc([C@@H]2CCCN2)cn1. The molecule has 0 aliphatic carbocycles. The highest BCUT2D eigenvalue weighted by atomic mass is 16.6. The smallest absolute Gasteiger partial charge is 0.416 e. The van der Waals surface area contributed by atoms with Crippen molar-refractivity contribution in [3.8, 4) is 0 Å². The van der Waals surface area contributed by atoms with E-state index in [-0.39, 0.29) is 6.09 Å². The molecule has 1 amide bonds. The molecule has 128 valence electrons. The van der Waals surface area contributed by atoms with Crippen LogP contribution in [0.5, 0.6) is 0 Å². The van der Waals surface area contributed by atoms with Gasteiger partial charge in [-0.1, -0.05) is 19.4 Å². The summed E-state index contributed by atoms with van der Waals surface area (Å²) in [5.74, 6) is 0.662. The van der Waals surface area contributed by atoms with Gasteiger partial charge in [-0.05, 0) is 58.2 Å². The first-order valence-corrected chi connectivity index (χ1v) is 8.60. The summed E-state index contributed by atoms with van der Waals surface area (Å²) in [4.78, 5) is 18.6. The van der Waals surface area contributed by atoms with Crippen LogP contribution in [0.25, 0.3) is 0 Å². The summed E-state index contributed by atoms with van der Waals surface area (Å²) in [6.45, 7) is 9.43. The number of nitrogens with zero attached hydrogens (tertiary/aromatic N) is 2. The molecular formula is C18H29N3O2. The molecule has 0 saturated carbocycles. The molecule has 1 fully saturated rings. The second-order valence-electron chi connectivity index (χ2n) is 7.08. The van der Waals surface area contributed by atoms with Crippen molar-refractivity contribution < 1.29 is 9.53 Å². The number of rotatable bonds is 5. The van der Waals surface area contributed by atoms with Crippen molar-refractivity contribution in [3.63, 3.8) is 0 Å². The molecule has 1 saturated heterocycles. The molecule has 1 N–H and O–H groups in total. The number of carbonyl (C=O) groups is 1. The fraction of sp³-hybridized carbons (Fsp3) is 0.667. The van der Waals surface area contributed by atoms with Gasteiger partial charge in [0, 0.05) is 18.8 Å². The van der Waals surface area contributed by atoms with Crippen molar-refractivity contribution in [1.82, 2.24) is 10.3 Å². The summed E-state index contributed by atoms with van der Waals surface area (Å²) in [5, 5.41) is 3.46. The Bertz CT molecular complexity index is 502. The minimum absolute atomic E-state index is 0.329. The number of carbonyl (C=O) groups excluding carboxylic acids is 1. The number of anilines is 1. The van der Waals surface area contributed by atoms with Crippen LogP contribution >= 0.6 is 0 Å². The molecular weight excluding hydrogens is 290 g/mol. The molecule has 0 spiro atoms. The largest absolute Gasteiger partial charge is 0.443 e. The first-order valence-electron chi connectivity index (χ1n) is 8.60. The molecule has 1 aliphatic rings. The number of ether oxygens (including phenoxy) is 1. The highest BCUT2D eigenvalue weighted by Gasteiger charge is 2.24. The zero-order valence-electron chi connectivity index (χ0n) is 14.8. The minimum atomic E-state index is -0.505. The highest BCUT2D eigenvalue weighted by Crippen LogP contribution is 2.24. The van der Waals surface area contributed by atoms with Crippen molar-refractivity contribution in [2.75, 3.05) is 18.0 Å². The Morgan fingerprint density at radius 3 is 2.74 bits per heavy atom. The second-order valence-corrected chi connectivity index (χ2v) is 7.08. The third-order valence-electron chi connectivity index (χ3n) is 3.86. The Hall–Kier alpha value is -1.62. The fourth-order valence-electron chi connectivity index (χ4n) is 2.66. The maximum Gasteiger partial charge on any atom is 0.416 e. The van der Waals surface area contributed by atoms with Gasteiger partial charge in [0.15, 0.2) is 0 Å². The monoisotopic (exact) mass is 319 g/mol. The van der Waals surface area contributed by atoms with Gasteiger partial charge in [-0.25, -0.2) is 9.78 Å². The van der Waals surface area contributed by atoms with Crippen LogP contribution in [0.4, 0.5) is 10.6 Å². The molecule has 1 aromatic heterocycles. The average molecular weight is 319 g/mol. The molecule has 5 nitrogen and oxygen atoms in total. The van der Waals surface area contributed by atoms with Gasteiger partial charge in [0.05, 0.1) is 0 Å². The summed E-state index contributed by atoms with van der Waals surface area (Å²) >= 11 is 0. The van der Waals surface area contributed by atoms with Gasteiger partial charge in [-0.15, -0.1) is 0 Å². The average Bonchev–Trinajstić information content (AvgIpc) is 3.00. The normalized spacial score (nSPS) is 18.0. The molecule has 0 bridgehead atoms. The summed E-state index contributed by atoms with van der Waals surface area (Å²) in [5.41, 5.74) is 0.681. The molecule has 2 rings (SSSR count). The summed E-state index contributed by atoms with van der Waals surface area (Å²) in [6, 6.07) is 4.38. The van der Waals surface area contributed by atoms with Crippen molar-refractivity contribution in [2.24, 2.45) is 0 Å². The van der Waals surface area contributed by atoms with Crippen LogP contribution in [0.2, 0.25) is 0 Å². The topological polar surface area (TPSA) is 54.5 Å². The van der Waals surface area contributed by atoms with E-state index >= 15 is 0 Å².